The molecule has 0 bridgehead atoms. The lowest BCUT2D eigenvalue weighted by atomic mass is 10.2. The van der Waals surface area contributed by atoms with Crippen LogP contribution >= 0.6 is 0 Å². The summed E-state index contributed by atoms with van der Waals surface area (Å²) in [4.78, 5) is 6.99. The smallest absolute Gasteiger partial charge is 0.0547 e. The molecule has 2 aromatic rings. The summed E-state index contributed by atoms with van der Waals surface area (Å²) in [5, 5.41) is 3.50. The molecule has 0 atom stereocenters. The summed E-state index contributed by atoms with van der Waals surface area (Å²) in [6.45, 7) is 9.18. The second kappa shape index (κ2) is 8.55. The van der Waals surface area contributed by atoms with Gasteiger partial charge in [-0.1, -0.05) is 43.3 Å². The second-order valence-electron chi connectivity index (χ2n) is 5.30. The molecular weight excluding hydrogens is 258 g/mol. The van der Waals surface area contributed by atoms with Crippen LogP contribution in [0, 0.1) is 6.92 Å². The molecule has 21 heavy (non-hydrogen) atoms. The van der Waals surface area contributed by atoms with E-state index in [1.807, 2.05) is 13.0 Å². The Morgan fingerprint density at radius 1 is 1.05 bits per heavy atom. The molecule has 1 aromatic heterocycles. The number of nitrogens with one attached hydrogen (secondary N) is 1. The molecule has 1 aromatic carbocycles. The SMILES string of the molecule is CCN(CCNCc1ccccc1)Cc1cccc(C)n1. The third-order valence-electron chi connectivity index (χ3n) is 3.56. The third kappa shape index (κ3) is 5.66. The van der Waals surface area contributed by atoms with Crippen LogP contribution in [0.3, 0.4) is 0 Å². The molecule has 0 aliphatic heterocycles. The van der Waals surface area contributed by atoms with Gasteiger partial charge in [-0.05, 0) is 31.2 Å². The van der Waals surface area contributed by atoms with Crippen molar-refractivity contribution in [3.8, 4) is 0 Å². The van der Waals surface area contributed by atoms with Gasteiger partial charge in [-0.2, -0.15) is 0 Å². The predicted molar refractivity (Wildman–Crippen MR) is 88.1 cm³/mol. The highest BCUT2D eigenvalue weighted by Gasteiger charge is 2.04. The van der Waals surface area contributed by atoms with Crippen molar-refractivity contribution < 1.29 is 0 Å². The fraction of sp³-hybridized carbons (Fsp3) is 0.389. The van der Waals surface area contributed by atoms with Crippen LogP contribution in [0.1, 0.15) is 23.9 Å². The highest BCUT2D eigenvalue weighted by molar-refractivity contribution is 5.14. The fourth-order valence-corrected chi connectivity index (χ4v) is 2.33. The summed E-state index contributed by atoms with van der Waals surface area (Å²) in [6, 6.07) is 16.8. The van der Waals surface area contributed by atoms with E-state index in [4.69, 9.17) is 0 Å². The summed E-state index contributed by atoms with van der Waals surface area (Å²) in [7, 11) is 0. The van der Waals surface area contributed by atoms with Gasteiger partial charge in [0.05, 0.1) is 5.69 Å². The number of hydrogen-bond acceptors (Lipinski definition) is 3. The first-order chi connectivity index (χ1) is 10.3. The second-order valence-corrected chi connectivity index (χ2v) is 5.30. The zero-order valence-electron chi connectivity index (χ0n) is 13.0. The van der Waals surface area contributed by atoms with Crippen molar-refractivity contribution >= 4 is 0 Å². The Morgan fingerprint density at radius 2 is 1.86 bits per heavy atom. The monoisotopic (exact) mass is 283 g/mol. The summed E-state index contributed by atoms with van der Waals surface area (Å²) < 4.78 is 0. The summed E-state index contributed by atoms with van der Waals surface area (Å²) in [6.07, 6.45) is 0. The van der Waals surface area contributed by atoms with Crippen molar-refractivity contribution in [3.63, 3.8) is 0 Å². The fourth-order valence-electron chi connectivity index (χ4n) is 2.33. The van der Waals surface area contributed by atoms with Gasteiger partial charge < -0.3 is 5.32 Å². The topological polar surface area (TPSA) is 28.2 Å². The molecule has 2 rings (SSSR count). The number of aromatic nitrogens is 1. The van der Waals surface area contributed by atoms with Crippen LogP contribution in [0.4, 0.5) is 0 Å². The minimum atomic E-state index is 0.922. The van der Waals surface area contributed by atoms with Crippen LogP contribution in [-0.4, -0.2) is 29.5 Å². The van der Waals surface area contributed by atoms with Crippen LogP contribution < -0.4 is 5.32 Å². The van der Waals surface area contributed by atoms with Crippen molar-refractivity contribution in [2.45, 2.75) is 26.9 Å². The molecule has 1 heterocycles. The quantitative estimate of drug-likeness (QED) is 0.755. The van der Waals surface area contributed by atoms with Crippen LogP contribution in [0.2, 0.25) is 0 Å². The highest BCUT2D eigenvalue weighted by atomic mass is 15.1. The number of pyridine rings is 1. The Morgan fingerprint density at radius 3 is 2.57 bits per heavy atom. The van der Waals surface area contributed by atoms with E-state index < -0.39 is 0 Å². The molecule has 0 radical (unpaired) electrons. The summed E-state index contributed by atoms with van der Waals surface area (Å²) in [5.74, 6) is 0. The molecule has 0 saturated carbocycles. The molecule has 0 unspecified atom stereocenters. The van der Waals surface area contributed by atoms with E-state index in [-0.39, 0.29) is 0 Å². The predicted octanol–water partition coefficient (Wildman–Crippen LogP) is 3.00. The Hall–Kier alpha value is -1.71. The Kier molecular flexibility index (Phi) is 6.38. The van der Waals surface area contributed by atoms with E-state index in [1.54, 1.807) is 0 Å². The first-order valence-electron chi connectivity index (χ1n) is 7.67. The number of nitrogens with zero attached hydrogens (tertiary/aromatic N) is 2. The largest absolute Gasteiger partial charge is 0.311 e. The number of hydrogen-bond donors (Lipinski definition) is 1. The molecule has 0 aliphatic carbocycles. The molecule has 0 saturated heterocycles. The van der Waals surface area contributed by atoms with Gasteiger partial charge in [0.15, 0.2) is 0 Å². The van der Waals surface area contributed by atoms with Crippen LogP contribution in [0.15, 0.2) is 48.5 Å². The Labute approximate surface area is 128 Å². The average molecular weight is 283 g/mol. The van der Waals surface area contributed by atoms with Crippen molar-refractivity contribution in [1.82, 2.24) is 15.2 Å². The van der Waals surface area contributed by atoms with Gasteiger partial charge in [0.1, 0.15) is 0 Å². The molecule has 112 valence electrons. The third-order valence-corrected chi connectivity index (χ3v) is 3.56. The number of aryl methyl sites for hydroxylation is 1. The maximum atomic E-state index is 4.57. The number of benzene rings is 1. The zero-order valence-corrected chi connectivity index (χ0v) is 13.0. The first kappa shape index (κ1) is 15.7. The lowest BCUT2D eigenvalue weighted by molar-refractivity contribution is 0.275. The van der Waals surface area contributed by atoms with E-state index in [0.717, 1.165) is 44.1 Å². The molecule has 3 heteroatoms. The normalized spacial score (nSPS) is 11.0. The highest BCUT2D eigenvalue weighted by Crippen LogP contribution is 2.03. The minimum absolute atomic E-state index is 0.922. The maximum Gasteiger partial charge on any atom is 0.0547 e. The first-order valence-corrected chi connectivity index (χ1v) is 7.67. The Bertz CT molecular complexity index is 525. The molecule has 0 spiro atoms. The van der Waals surface area contributed by atoms with Crippen LogP contribution in [0.5, 0.6) is 0 Å². The van der Waals surface area contributed by atoms with Gasteiger partial charge in [0.25, 0.3) is 0 Å². The number of likely N-dealkylation sites (N-methyl/N-ethyl adjacent to an activating group) is 1. The van der Waals surface area contributed by atoms with Gasteiger partial charge in [-0.15, -0.1) is 0 Å². The van der Waals surface area contributed by atoms with Gasteiger partial charge in [-0.25, -0.2) is 0 Å². The van der Waals surface area contributed by atoms with Crippen molar-refractivity contribution in [1.29, 1.82) is 0 Å². The van der Waals surface area contributed by atoms with Crippen molar-refractivity contribution in [3.05, 3.63) is 65.5 Å². The molecule has 1 N–H and O–H groups in total. The Balaban J connectivity index is 1.72. The van der Waals surface area contributed by atoms with Gasteiger partial charge >= 0.3 is 0 Å². The summed E-state index contributed by atoms with van der Waals surface area (Å²) >= 11 is 0. The average Bonchev–Trinajstić information content (AvgIpc) is 2.51. The van der Waals surface area contributed by atoms with E-state index in [9.17, 15) is 0 Å². The lowest BCUT2D eigenvalue weighted by Crippen LogP contribution is -2.31. The molecule has 0 aliphatic rings. The van der Waals surface area contributed by atoms with Gasteiger partial charge in [0.2, 0.25) is 0 Å². The van der Waals surface area contributed by atoms with Crippen LogP contribution in [0.25, 0.3) is 0 Å². The lowest BCUT2D eigenvalue weighted by Gasteiger charge is -2.20. The van der Waals surface area contributed by atoms with Crippen molar-refractivity contribution in [2.75, 3.05) is 19.6 Å². The standard InChI is InChI=1S/C18H25N3/c1-3-21(15-18-11-7-8-16(2)20-18)13-12-19-14-17-9-5-4-6-10-17/h4-11,19H,3,12-15H2,1-2H3. The van der Waals surface area contributed by atoms with E-state index in [2.05, 4.69) is 64.6 Å². The number of rotatable bonds is 8. The molecule has 0 fully saturated rings. The summed E-state index contributed by atoms with van der Waals surface area (Å²) in [5.41, 5.74) is 3.58. The minimum Gasteiger partial charge on any atom is -0.311 e. The molecular formula is C18H25N3. The van der Waals surface area contributed by atoms with E-state index in [1.165, 1.54) is 5.56 Å². The molecule has 3 nitrogen and oxygen atoms in total. The zero-order chi connectivity index (χ0) is 14.9. The van der Waals surface area contributed by atoms with Gasteiger partial charge in [0, 0.05) is 31.9 Å². The molecule has 0 amide bonds. The van der Waals surface area contributed by atoms with Gasteiger partial charge in [-0.3, -0.25) is 9.88 Å². The van der Waals surface area contributed by atoms with Crippen LogP contribution in [-0.2, 0) is 13.1 Å². The van der Waals surface area contributed by atoms with E-state index in [0.29, 0.717) is 0 Å². The van der Waals surface area contributed by atoms with E-state index >= 15 is 0 Å². The van der Waals surface area contributed by atoms with Crippen molar-refractivity contribution in [2.24, 2.45) is 0 Å². The maximum absolute atomic E-state index is 4.57.